The maximum absolute atomic E-state index is 2.45. The molecule has 0 aromatic rings. The summed E-state index contributed by atoms with van der Waals surface area (Å²) in [5, 5.41) is 0. The quantitative estimate of drug-likeness (QED) is 0.485. The summed E-state index contributed by atoms with van der Waals surface area (Å²) in [6, 6.07) is 0. The lowest BCUT2D eigenvalue weighted by Crippen LogP contribution is -1.77. The second kappa shape index (κ2) is 2.33. The van der Waals surface area contributed by atoms with Crippen LogP contribution in [0.1, 0.15) is 19.8 Å². The van der Waals surface area contributed by atoms with Gasteiger partial charge in [-0.2, -0.15) is 0 Å². The minimum Gasteiger partial charge on any atom is -0.0864 e. The molecule has 7 heavy (non-hydrogen) atoms. The Balaban J connectivity index is 1.98. The largest absolute Gasteiger partial charge is 0.0864 e. The van der Waals surface area contributed by atoms with Gasteiger partial charge in [-0.1, -0.05) is 29.5 Å². The molecule has 0 radical (unpaired) electrons. The molecule has 1 saturated carbocycles. The Kier molecular flexibility index (Phi) is 1.95. The maximum Gasteiger partial charge on any atom is -0.000199 e. The zero-order valence-corrected chi connectivity index (χ0v) is 6.81. The van der Waals surface area contributed by atoms with Crippen molar-refractivity contribution >= 4 is 22.6 Å². The standard InChI is InChI=1S/C6H11I/c1-5-4-6(5)2-3-7/h5-6H,2-4H2,1H3/t5-,6?/m1/s1. The molecular weight excluding hydrogens is 199 g/mol. The molecule has 42 valence electrons. The van der Waals surface area contributed by atoms with Crippen LogP contribution in [0.2, 0.25) is 0 Å². The van der Waals surface area contributed by atoms with Crippen LogP contribution in [0.15, 0.2) is 0 Å². The van der Waals surface area contributed by atoms with Crippen molar-refractivity contribution in [1.82, 2.24) is 0 Å². The molecule has 0 amide bonds. The molecule has 0 nitrogen and oxygen atoms in total. The van der Waals surface area contributed by atoms with Gasteiger partial charge in [0.25, 0.3) is 0 Å². The number of alkyl halides is 1. The smallest absolute Gasteiger partial charge is 0.000199 e. The molecule has 0 heterocycles. The second-order valence-electron chi connectivity index (χ2n) is 2.45. The van der Waals surface area contributed by atoms with Crippen LogP contribution in [0.3, 0.4) is 0 Å². The monoisotopic (exact) mass is 210 g/mol. The summed E-state index contributed by atoms with van der Waals surface area (Å²) in [4.78, 5) is 0. The van der Waals surface area contributed by atoms with Crippen molar-refractivity contribution in [3.05, 3.63) is 0 Å². The van der Waals surface area contributed by atoms with E-state index in [0.717, 1.165) is 11.8 Å². The summed E-state index contributed by atoms with van der Waals surface area (Å²) >= 11 is 2.45. The summed E-state index contributed by atoms with van der Waals surface area (Å²) in [6.07, 6.45) is 2.96. The van der Waals surface area contributed by atoms with Gasteiger partial charge in [0.05, 0.1) is 0 Å². The minimum absolute atomic E-state index is 1.06. The van der Waals surface area contributed by atoms with Crippen LogP contribution in [-0.2, 0) is 0 Å². The van der Waals surface area contributed by atoms with Gasteiger partial charge in [0.1, 0.15) is 0 Å². The highest BCUT2D eigenvalue weighted by molar-refractivity contribution is 14.1. The van der Waals surface area contributed by atoms with E-state index in [1.165, 1.54) is 17.3 Å². The van der Waals surface area contributed by atoms with E-state index < -0.39 is 0 Å². The summed E-state index contributed by atoms with van der Waals surface area (Å²) in [7, 11) is 0. The predicted molar refractivity (Wildman–Crippen MR) is 40.8 cm³/mol. The van der Waals surface area contributed by atoms with Crippen LogP contribution in [0.25, 0.3) is 0 Å². The Labute approximate surface area is 58.8 Å². The van der Waals surface area contributed by atoms with Gasteiger partial charge < -0.3 is 0 Å². The van der Waals surface area contributed by atoms with Crippen LogP contribution in [0.5, 0.6) is 0 Å². The molecule has 2 atom stereocenters. The molecule has 1 fully saturated rings. The van der Waals surface area contributed by atoms with Gasteiger partial charge in [0, 0.05) is 0 Å². The molecule has 0 saturated heterocycles. The first kappa shape index (κ1) is 5.86. The molecule has 0 bridgehead atoms. The van der Waals surface area contributed by atoms with Crippen LogP contribution in [0.4, 0.5) is 0 Å². The summed E-state index contributed by atoms with van der Waals surface area (Å²) in [6.45, 7) is 2.34. The second-order valence-corrected chi connectivity index (χ2v) is 3.53. The Hall–Kier alpha value is 0.730. The molecule has 0 spiro atoms. The van der Waals surface area contributed by atoms with Crippen LogP contribution >= 0.6 is 22.6 Å². The normalized spacial score (nSPS) is 38.6. The molecule has 0 aromatic carbocycles. The number of hydrogen-bond donors (Lipinski definition) is 0. The highest BCUT2D eigenvalue weighted by atomic mass is 127. The molecule has 1 rings (SSSR count). The van der Waals surface area contributed by atoms with Crippen LogP contribution < -0.4 is 0 Å². The molecule has 0 aromatic heterocycles. The van der Waals surface area contributed by atoms with Gasteiger partial charge in [-0.15, -0.1) is 0 Å². The Morgan fingerprint density at radius 2 is 2.29 bits per heavy atom. The molecular formula is C6H11I. The van der Waals surface area contributed by atoms with Crippen molar-refractivity contribution < 1.29 is 0 Å². The predicted octanol–water partition coefficient (Wildman–Crippen LogP) is 2.47. The molecule has 0 N–H and O–H groups in total. The molecule has 0 aliphatic heterocycles. The lowest BCUT2D eigenvalue weighted by molar-refractivity contribution is 0.736. The van der Waals surface area contributed by atoms with Crippen molar-refractivity contribution in [2.24, 2.45) is 11.8 Å². The van der Waals surface area contributed by atoms with Gasteiger partial charge in [0.15, 0.2) is 0 Å². The van der Waals surface area contributed by atoms with E-state index in [2.05, 4.69) is 29.5 Å². The summed E-state index contributed by atoms with van der Waals surface area (Å²) in [5.41, 5.74) is 0. The lowest BCUT2D eigenvalue weighted by Gasteiger charge is -1.85. The molecule has 1 unspecified atom stereocenters. The van der Waals surface area contributed by atoms with Crippen LogP contribution in [-0.4, -0.2) is 4.43 Å². The summed E-state index contributed by atoms with van der Waals surface area (Å²) in [5.74, 6) is 2.17. The highest BCUT2D eigenvalue weighted by Crippen LogP contribution is 2.40. The topological polar surface area (TPSA) is 0 Å². The van der Waals surface area contributed by atoms with Gasteiger partial charge in [-0.05, 0) is 29.1 Å². The van der Waals surface area contributed by atoms with Crippen molar-refractivity contribution in [1.29, 1.82) is 0 Å². The number of rotatable bonds is 2. The van der Waals surface area contributed by atoms with Gasteiger partial charge >= 0.3 is 0 Å². The average Bonchev–Trinajstić information content (AvgIpc) is 2.22. The Morgan fingerprint density at radius 1 is 1.71 bits per heavy atom. The fraction of sp³-hybridized carbons (Fsp3) is 1.00. The number of halogens is 1. The minimum atomic E-state index is 1.06. The first-order valence-corrected chi connectivity index (χ1v) is 4.43. The molecule has 1 aliphatic carbocycles. The van der Waals surface area contributed by atoms with E-state index in [1.807, 2.05) is 0 Å². The number of hydrogen-bond acceptors (Lipinski definition) is 0. The van der Waals surface area contributed by atoms with Crippen molar-refractivity contribution in [3.63, 3.8) is 0 Å². The van der Waals surface area contributed by atoms with E-state index in [0.29, 0.717) is 0 Å². The van der Waals surface area contributed by atoms with Gasteiger partial charge in [-0.3, -0.25) is 0 Å². The SMILES string of the molecule is C[C@@H]1CC1CCI. The Morgan fingerprint density at radius 3 is 2.43 bits per heavy atom. The highest BCUT2D eigenvalue weighted by Gasteiger charge is 2.30. The van der Waals surface area contributed by atoms with E-state index in [9.17, 15) is 0 Å². The fourth-order valence-electron chi connectivity index (χ4n) is 0.941. The van der Waals surface area contributed by atoms with E-state index in [1.54, 1.807) is 0 Å². The van der Waals surface area contributed by atoms with E-state index >= 15 is 0 Å². The third-order valence-electron chi connectivity index (χ3n) is 1.76. The van der Waals surface area contributed by atoms with E-state index in [4.69, 9.17) is 0 Å². The summed E-state index contributed by atoms with van der Waals surface area (Å²) < 4.78 is 1.35. The Bertz CT molecular complexity index is 61.2. The third-order valence-corrected chi connectivity index (χ3v) is 2.38. The zero-order chi connectivity index (χ0) is 5.28. The van der Waals surface area contributed by atoms with Crippen LogP contribution in [0, 0.1) is 11.8 Å². The van der Waals surface area contributed by atoms with Crippen molar-refractivity contribution in [2.45, 2.75) is 19.8 Å². The first-order valence-electron chi connectivity index (χ1n) is 2.90. The average molecular weight is 210 g/mol. The molecule has 1 aliphatic rings. The zero-order valence-electron chi connectivity index (χ0n) is 4.65. The lowest BCUT2D eigenvalue weighted by atomic mass is 10.3. The van der Waals surface area contributed by atoms with Gasteiger partial charge in [-0.25, -0.2) is 0 Å². The fourth-order valence-corrected chi connectivity index (χ4v) is 1.74. The molecule has 1 heteroatoms. The first-order chi connectivity index (χ1) is 3.34. The van der Waals surface area contributed by atoms with E-state index in [-0.39, 0.29) is 0 Å². The van der Waals surface area contributed by atoms with Crippen molar-refractivity contribution in [2.75, 3.05) is 4.43 Å². The third kappa shape index (κ3) is 1.59. The van der Waals surface area contributed by atoms with Gasteiger partial charge in [0.2, 0.25) is 0 Å². The van der Waals surface area contributed by atoms with Crippen molar-refractivity contribution in [3.8, 4) is 0 Å². The maximum atomic E-state index is 2.45.